The molecular formula is C31H22O3. The van der Waals surface area contributed by atoms with Crippen molar-refractivity contribution >= 4 is 29.5 Å². The van der Waals surface area contributed by atoms with E-state index < -0.39 is 0 Å². The summed E-state index contributed by atoms with van der Waals surface area (Å²) >= 11 is 0. The molecule has 0 aliphatic carbocycles. The maximum atomic E-state index is 12.6. The summed E-state index contributed by atoms with van der Waals surface area (Å²) in [7, 11) is 0. The van der Waals surface area contributed by atoms with Gasteiger partial charge in [0.05, 0.1) is 0 Å². The average Bonchev–Trinajstić information content (AvgIpc) is 2.91. The summed E-state index contributed by atoms with van der Waals surface area (Å²) in [5.41, 5.74) is 3.90. The Hall–Kier alpha value is -4.63. The third-order valence-electron chi connectivity index (χ3n) is 5.25. The van der Waals surface area contributed by atoms with E-state index in [4.69, 9.17) is 0 Å². The summed E-state index contributed by atoms with van der Waals surface area (Å²) < 4.78 is 0. The van der Waals surface area contributed by atoms with E-state index in [0.29, 0.717) is 22.3 Å². The summed E-state index contributed by atoms with van der Waals surface area (Å²) in [5, 5.41) is 0. The Morgan fingerprint density at radius 1 is 0.441 bits per heavy atom. The van der Waals surface area contributed by atoms with E-state index in [1.54, 1.807) is 72.8 Å². The zero-order valence-electron chi connectivity index (χ0n) is 18.4. The Morgan fingerprint density at radius 3 is 1.24 bits per heavy atom. The highest BCUT2D eigenvalue weighted by atomic mass is 16.1. The Bertz CT molecular complexity index is 1270. The molecule has 4 aromatic rings. The summed E-state index contributed by atoms with van der Waals surface area (Å²) in [6.07, 6.45) is 6.29. The number of hydrogen-bond acceptors (Lipinski definition) is 3. The lowest BCUT2D eigenvalue weighted by atomic mass is 10.0. The number of rotatable bonds is 8. The predicted molar refractivity (Wildman–Crippen MR) is 136 cm³/mol. The van der Waals surface area contributed by atoms with Gasteiger partial charge in [0, 0.05) is 22.3 Å². The molecule has 0 aliphatic rings. The zero-order chi connectivity index (χ0) is 23.8. The van der Waals surface area contributed by atoms with Crippen LogP contribution in [0.5, 0.6) is 0 Å². The molecule has 0 N–H and O–H groups in total. The van der Waals surface area contributed by atoms with Crippen LogP contribution in [0.15, 0.2) is 121 Å². The molecule has 4 aromatic carbocycles. The lowest BCUT2D eigenvalue weighted by Gasteiger charge is -2.02. The van der Waals surface area contributed by atoms with Crippen molar-refractivity contribution in [1.82, 2.24) is 0 Å². The van der Waals surface area contributed by atoms with Crippen LogP contribution in [0.1, 0.15) is 43.0 Å². The molecular weight excluding hydrogens is 420 g/mol. The van der Waals surface area contributed by atoms with Crippen molar-refractivity contribution < 1.29 is 14.4 Å². The molecule has 0 aromatic heterocycles. The van der Waals surface area contributed by atoms with Crippen LogP contribution >= 0.6 is 0 Å². The van der Waals surface area contributed by atoms with Crippen molar-refractivity contribution in [3.8, 4) is 0 Å². The highest BCUT2D eigenvalue weighted by Gasteiger charge is 2.09. The van der Waals surface area contributed by atoms with E-state index in [9.17, 15) is 14.4 Å². The lowest BCUT2D eigenvalue weighted by molar-refractivity contribution is -0.110. The van der Waals surface area contributed by atoms with E-state index in [0.717, 1.165) is 11.1 Å². The normalized spacial score (nSPS) is 11.1. The first-order valence-corrected chi connectivity index (χ1v) is 10.9. The maximum absolute atomic E-state index is 12.6. The average molecular weight is 443 g/mol. The molecule has 0 amide bonds. The summed E-state index contributed by atoms with van der Waals surface area (Å²) in [6.45, 7) is 0. The van der Waals surface area contributed by atoms with Crippen LogP contribution in [0.4, 0.5) is 0 Å². The van der Waals surface area contributed by atoms with Gasteiger partial charge in [-0.3, -0.25) is 14.4 Å². The second-order valence-electron chi connectivity index (χ2n) is 7.71. The van der Waals surface area contributed by atoms with E-state index in [1.807, 2.05) is 48.5 Å². The first-order chi connectivity index (χ1) is 16.6. The van der Waals surface area contributed by atoms with Crippen molar-refractivity contribution in [2.24, 2.45) is 0 Å². The van der Waals surface area contributed by atoms with Crippen LogP contribution in [0, 0.1) is 0 Å². The summed E-state index contributed by atoms with van der Waals surface area (Å²) in [4.78, 5) is 37.6. The van der Waals surface area contributed by atoms with E-state index in [2.05, 4.69) is 0 Å². The van der Waals surface area contributed by atoms with Crippen molar-refractivity contribution in [3.05, 3.63) is 155 Å². The molecule has 34 heavy (non-hydrogen) atoms. The van der Waals surface area contributed by atoms with E-state index >= 15 is 0 Å². The second-order valence-corrected chi connectivity index (χ2v) is 7.71. The van der Waals surface area contributed by atoms with Crippen LogP contribution in [-0.2, 0) is 4.79 Å². The van der Waals surface area contributed by atoms with Gasteiger partial charge in [0.15, 0.2) is 17.3 Å². The minimum atomic E-state index is -0.195. The first-order valence-electron chi connectivity index (χ1n) is 10.9. The van der Waals surface area contributed by atoms with Gasteiger partial charge in [-0.2, -0.15) is 0 Å². The monoisotopic (exact) mass is 442 g/mol. The SMILES string of the molecule is O=C(C=Cc1cccc(C(=O)c2ccccc2)c1)C=Cc1cccc(C(=O)c2ccccc2)c1. The molecule has 3 heteroatoms. The number of benzene rings is 4. The number of ketones is 3. The van der Waals surface area contributed by atoms with Gasteiger partial charge < -0.3 is 0 Å². The van der Waals surface area contributed by atoms with Gasteiger partial charge in [-0.25, -0.2) is 0 Å². The molecule has 0 heterocycles. The topological polar surface area (TPSA) is 51.2 Å². The van der Waals surface area contributed by atoms with Gasteiger partial charge in [-0.15, -0.1) is 0 Å². The van der Waals surface area contributed by atoms with Crippen LogP contribution in [-0.4, -0.2) is 17.3 Å². The molecule has 3 nitrogen and oxygen atoms in total. The van der Waals surface area contributed by atoms with E-state index in [-0.39, 0.29) is 17.3 Å². The third-order valence-corrected chi connectivity index (χ3v) is 5.25. The van der Waals surface area contributed by atoms with Crippen molar-refractivity contribution in [3.63, 3.8) is 0 Å². The Balaban J connectivity index is 1.43. The molecule has 0 spiro atoms. The number of hydrogen-bond donors (Lipinski definition) is 0. The Morgan fingerprint density at radius 2 is 0.824 bits per heavy atom. The number of carbonyl (C=O) groups is 3. The molecule has 0 saturated heterocycles. The minimum absolute atomic E-state index is 0.0630. The fourth-order valence-electron chi connectivity index (χ4n) is 3.49. The summed E-state index contributed by atoms with van der Waals surface area (Å²) in [6, 6.07) is 32.5. The highest BCUT2D eigenvalue weighted by molar-refractivity contribution is 6.10. The van der Waals surface area contributed by atoms with Gasteiger partial charge in [0.1, 0.15) is 0 Å². The number of carbonyl (C=O) groups excluding carboxylic acids is 3. The largest absolute Gasteiger partial charge is 0.290 e. The van der Waals surface area contributed by atoms with Crippen molar-refractivity contribution in [2.45, 2.75) is 0 Å². The number of allylic oxidation sites excluding steroid dienone is 2. The first kappa shape index (κ1) is 22.6. The second kappa shape index (κ2) is 10.8. The molecule has 0 aliphatic heterocycles. The smallest absolute Gasteiger partial charge is 0.193 e. The molecule has 164 valence electrons. The van der Waals surface area contributed by atoms with Gasteiger partial charge in [-0.1, -0.05) is 109 Å². The van der Waals surface area contributed by atoms with Gasteiger partial charge in [-0.05, 0) is 35.4 Å². The molecule has 4 rings (SSSR count). The summed E-state index contributed by atoms with van der Waals surface area (Å²) in [5.74, 6) is -0.321. The van der Waals surface area contributed by atoms with E-state index in [1.165, 1.54) is 12.2 Å². The van der Waals surface area contributed by atoms with Crippen LogP contribution in [0.2, 0.25) is 0 Å². The van der Waals surface area contributed by atoms with Crippen molar-refractivity contribution in [2.75, 3.05) is 0 Å². The fraction of sp³-hybridized carbons (Fsp3) is 0. The van der Waals surface area contributed by atoms with Crippen LogP contribution in [0.25, 0.3) is 12.2 Å². The van der Waals surface area contributed by atoms with Gasteiger partial charge >= 0.3 is 0 Å². The zero-order valence-corrected chi connectivity index (χ0v) is 18.4. The molecule has 0 saturated carbocycles. The van der Waals surface area contributed by atoms with Gasteiger partial charge in [0.25, 0.3) is 0 Å². The molecule has 0 unspecified atom stereocenters. The predicted octanol–water partition coefficient (Wildman–Crippen LogP) is 6.44. The molecule has 0 radical (unpaired) electrons. The molecule has 0 fully saturated rings. The van der Waals surface area contributed by atoms with Crippen LogP contribution < -0.4 is 0 Å². The van der Waals surface area contributed by atoms with Crippen molar-refractivity contribution in [1.29, 1.82) is 0 Å². The Kier molecular flexibility index (Phi) is 7.16. The quantitative estimate of drug-likeness (QED) is 0.233. The molecule has 0 atom stereocenters. The Labute approximate surface area is 198 Å². The van der Waals surface area contributed by atoms with Crippen LogP contribution in [0.3, 0.4) is 0 Å². The maximum Gasteiger partial charge on any atom is 0.193 e. The standard InChI is InChI=1S/C31H22O3/c32-29(19-17-23-9-7-15-27(21-23)30(33)25-11-3-1-4-12-25)20-18-24-10-8-16-28(22-24)31(34)26-13-5-2-6-14-26/h1-22H. The highest BCUT2D eigenvalue weighted by Crippen LogP contribution is 2.14. The minimum Gasteiger partial charge on any atom is -0.290 e. The molecule has 0 bridgehead atoms. The lowest BCUT2D eigenvalue weighted by Crippen LogP contribution is -2.01. The third kappa shape index (κ3) is 5.78. The fourth-order valence-corrected chi connectivity index (χ4v) is 3.49. The van der Waals surface area contributed by atoms with Gasteiger partial charge in [0.2, 0.25) is 0 Å².